The van der Waals surface area contributed by atoms with E-state index in [1.807, 2.05) is 19.9 Å². The van der Waals surface area contributed by atoms with Crippen LogP contribution in [0.15, 0.2) is 36.5 Å². The summed E-state index contributed by atoms with van der Waals surface area (Å²) in [6.45, 7) is 3.70. The first-order chi connectivity index (χ1) is 11.0. The van der Waals surface area contributed by atoms with Crippen molar-refractivity contribution in [2.45, 2.75) is 13.8 Å². The Hall–Kier alpha value is -3.16. The average Bonchev–Trinajstić information content (AvgIpc) is 3.09. The molecule has 0 aliphatic heterocycles. The molecule has 0 radical (unpaired) electrons. The summed E-state index contributed by atoms with van der Waals surface area (Å²) in [6.07, 6.45) is 1.51. The number of aromatic nitrogens is 4. The molecule has 0 aliphatic carbocycles. The molecule has 0 saturated heterocycles. The highest BCUT2D eigenvalue weighted by atomic mass is 19.1. The Bertz CT molecular complexity index is 840. The van der Waals surface area contributed by atoms with Gasteiger partial charge in [0.1, 0.15) is 11.5 Å². The third kappa shape index (κ3) is 3.20. The Balaban J connectivity index is 1.77. The number of anilines is 2. The van der Waals surface area contributed by atoms with Crippen molar-refractivity contribution in [2.24, 2.45) is 0 Å². The van der Waals surface area contributed by atoms with E-state index < -0.39 is 11.8 Å². The maximum atomic E-state index is 14.3. The molecule has 8 heteroatoms. The van der Waals surface area contributed by atoms with Crippen molar-refractivity contribution in [3.05, 3.63) is 53.7 Å². The lowest BCUT2D eigenvalue weighted by Gasteiger charge is -2.09. The number of aromatic amines is 1. The van der Waals surface area contributed by atoms with Crippen molar-refractivity contribution in [3.8, 4) is 5.69 Å². The van der Waals surface area contributed by atoms with E-state index in [0.29, 0.717) is 17.2 Å². The number of H-pyrrole nitrogens is 1. The molecule has 118 valence electrons. The summed E-state index contributed by atoms with van der Waals surface area (Å²) in [5.74, 6) is -0.0298. The van der Waals surface area contributed by atoms with Gasteiger partial charge in [-0.2, -0.15) is 10.2 Å². The summed E-state index contributed by atoms with van der Waals surface area (Å²) >= 11 is 0. The lowest BCUT2D eigenvalue weighted by atomic mass is 10.2. The Morgan fingerprint density at radius 3 is 2.65 bits per heavy atom. The number of carbonyl (C=O) groups is 1. The highest BCUT2D eigenvalue weighted by Gasteiger charge is 2.11. The molecule has 0 unspecified atom stereocenters. The molecule has 1 aromatic carbocycles. The summed E-state index contributed by atoms with van der Waals surface area (Å²) < 4.78 is 15.8. The number of rotatable bonds is 3. The first-order valence-electron chi connectivity index (χ1n) is 6.93. The van der Waals surface area contributed by atoms with Gasteiger partial charge in [-0.3, -0.25) is 10.4 Å². The quantitative estimate of drug-likeness (QED) is 0.694. The second kappa shape index (κ2) is 5.91. The van der Waals surface area contributed by atoms with Crippen molar-refractivity contribution in [1.29, 1.82) is 0 Å². The lowest BCUT2D eigenvalue weighted by molar-refractivity contribution is 0.262. The Morgan fingerprint density at radius 1 is 1.22 bits per heavy atom. The van der Waals surface area contributed by atoms with Crippen molar-refractivity contribution in [3.63, 3.8) is 0 Å². The molecular formula is C15H15FN6O. The molecule has 2 amide bonds. The standard InChI is InChI=1S/C15H15FN6O/c1-9-7-10(2)22(21-9)13-4-3-11(8-12(13)16)18-15(23)19-14-5-6-17-20-14/h3-8H,1-2H3,(H3,17,18,19,20,23). The lowest BCUT2D eigenvalue weighted by Crippen LogP contribution is -2.19. The van der Waals surface area contributed by atoms with Gasteiger partial charge in [0.25, 0.3) is 0 Å². The fraction of sp³-hybridized carbons (Fsp3) is 0.133. The largest absolute Gasteiger partial charge is 0.324 e. The Kier molecular flexibility index (Phi) is 3.80. The molecule has 3 N–H and O–H groups in total. The van der Waals surface area contributed by atoms with Crippen LogP contribution < -0.4 is 10.6 Å². The average molecular weight is 314 g/mol. The van der Waals surface area contributed by atoms with Crippen LogP contribution in [0, 0.1) is 19.7 Å². The van der Waals surface area contributed by atoms with Gasteiger partial charge >= 0.3 is 6.03 Å². The van der Waals surface area contributed by atoms with E-state index in [1.165, 1.54) is 16.9 Å². The van der Waals surface area contributed by atoms with Crippen LogP contribution in [0.3, 0.4) is 0 Å². The maximum Gasteiger partial charge on any atom is 0.324 e. The van der Waals surface area contributed by atoms with E-state index in [0.717, 1.165) is 11.4 Å². The number of nitrogens with one attached hydrogen (secondary N) is 3. The zero-order chi connectivity index (χ0) is 16.4. The van der Waals surface area contributed by atoms with E-state index in [1.54, 1.807) is 18.2 Å². The van der Waals surface area contributed by atoms with Crippen molar-refractivity contribution >= 4 is 17.5 Å². The highest BCUT2D eigenvalue weighted by Crippen LogP contribution is 2.20. The summed E-state index contributed by atoms with van der Waals surface area (Å²) in [5, 5.41) is 15.7. The molecule has 2 heterocycles. The minimum atomic E-state index is -0.493. The van der Waals surface area contributed by atoms with Gasteiger partial charge in [-0.05, 0) is 38.1 Å². The SMILES string of the molecule is Cc1cc(C)n(-c2ccc(NC(=O)Nc3ccn[nH]3)cc2F)n1. The van der Waals surface area contributed by atoms with E-state index in [-0.39, 0.29) is 0 Å². The zero-order valence-corrected chi connectivity index (χ0v) is 12.6. The van der Waals surface area contributed by atoms with Gasteiger partial charge in [-0.15, -0.1) is 0 Å². The Labute approximate surface area is 131 Å². The Morgan fingerprint density at radius 2 is 2.04 bits per heavy atom. The number of benzene rings is 1. The number of nitrogens with zero attached hydrogens (tertiary/aromatic N) is 3. The predicted molar refractivity (Wildman–Crippen MR) is 84.2 cm³/mol. The van der Waals surface area contributed by atoms with Crippen LogP contribution in [0.4, 0.5) is 20.7 Å². The maximum absolute atomic E-state index is 14.3. The molecule has 0 spiro atoms. The predicted octanol–water partition coefficient (Wildman–Crippen LogP) is 3.00. The molecule has 0 atom stereocenters. The number of aryl methyl sites for hydroxylation is 2. The molecule has 0 saturated carbocycles. The van der Waals surface area contributed by atoms with Crippen LogP contribution in [0.25, 0.3) is 5.69 Å². The fourth-order valence-corrected chi connectivity index (χ4v) is 2.24. The van der Waals surface area contributed by atoms with E-state index >= 15 is 0 Å². The first-order valence-corrected chi connectivity index (χ1v) is 6.93. The van der Waals surface area contributed by atoms with Gasteiger partial charge in [0.05, 0.1) is 11.9 Å². The van der Waals surface area contributed by atoms with Crippen LogP contribution in [0.5, 0.6) is 0 Å². The number of halogens is 1. The van der Waals surface area contributed by atoms with Crippen molar-refractivity contribution in [2.75, 3.05) is 10.6 Å². The van der Waals surface area contributed by atoms with Crippen molar-refractivity contribution in [1.82, 2.24) is 20.0 Å². The molecule has 0 aliphatic rings. The highest BCUT2D eigenvalue weighted by molar-refractivity contribution is 5.99. The monoisotopic (exact) mass is 314 g/mol. The molecule has 0 fully saturated rings. The third-order valence-corrected chi connectivity index (χ3v) is 3.19. The normalized spacial score (nSPS) is 10.6. The number of hydrogen-bond acceptors (Lipinski definition) is 3. The second-order valence-corrected chi connectivity index (χ2v) is 5.05. The molecular weight excluding hydrogens is 299 g/mol. The minimum Gasteiger partial charge on any atom is -0.308 e. The van der Waals surface area contributed by atoms with Gasteiger partial charge in [0, 0.05) is 17.4 Å². The molecule has 3 rings (SSSR count). The number of urea groups is 1. The summed E-state index contributed by atoms with van der Waals surface area (Å²) in [7, 11) is 0. The molecule has 0 bridgehead atoms. The molecule has 7 nitrogen and oxygen atoms in total. The summed E-state index contributed by atoms with van der Waals surface area (Å²) in [5.41, 5.74) is 2.31. The van der Waals surface area contributed by atoms with Crippen LogP contribution in [-0.2, 0) is 0 Å². The van der Waals surface area contributed by atoms with Crippen LogP contribution in [0.2, 0.25) is 0 Å². The third-order valence-electron chi connectivity index (χ3n) is 3.19. The molecule has 3 aromatic rings. The molecule has 2 aromatic heterocycles. The topological polar surface area (TPSA) is 87.6 Å². The van der Waals surface area contributed by atoms with Crippen LogP contribution >= 0.6 is 0 Å². The van der Waals surface area contributed by atoms with Crippen LogP contribution in [0.1, 0.15) is 11.4 Å². The van der Waals surface area contributed by atoms with Crippen LogP contribution in [-0.4, -0.2) is 26.0 Å². The number of amides is 2. The minimum absolute atomic E-state index is 0.329. The van der Waals surface area contributed by atoms with Gasteiger partial charge in [0.15, 0.2) is 5.82 Å². The van der Waals surface area contributed by atoms with Gasteiger partial charge in [0.2, 0.25) is 0 Å². The fourth-order valence-electron chi connectivity index (χ4n) is 2.24. The number of hydrogen-bond donors (Lipinski definition) is 3. The van der Waals surface area contributed by atoms with Crippen molar-refractivity contribution < 1.29 is 9.18 Å². The van der Waals surface area contributed by atoms with Gasteiger partial charge in [-0.1, -0.05) is 0 Å². The first kappa shape index (κ1) is 14.8. The van der Waals surface area contributed by atoms with E-state index in [2.05, 4.69) is 25.9 Å². The van der Waals surface area contributed by atoms with E-state index in [9.17, 15) is 9.18 Å². The second-order valence-electron chi connectivity index (χ2n) is 5.05. The molecule has 23 heavy (non-hydrogen) atoms. The van der Waals surface area contributed by atoms with E-state index in [4.69, 9.17) is 0 Å². The number of carbonyl (C=O) groups excluding carboxylic acids is 1. The smallest absolute Gasteiger partial charge is 0.308 e. The summed E-state index contributed by atoms with van der Waals surface area (Å²) in [4.78, 5) is 11.8. The van der Waals surface area contributed by atoms with Gasteiger partial charge in [-0.25, -0.2) is 13.9 Å². The summed E-state index contributed by atoms with van der Waals surface area (Å²) in [6, 6.07) is 7.41. The zero-order valence-electron chi connectivity index (χ0n) is 12.6. The van der Waals surface area contributed by atoms with Gasteiger partial charge < -0.3 is 5.32 Å².